The molecule has 4 saturated carbocycles. The summed E-state index contributed by atoms with van der Waals surface area (Å²) < 4.78 is 61.9. The molecule has 0 radical (unpaired) electrons. The molecule has 1 saturated heterocycles. The van der Waals surface area contributed by atoms with E-state index in [1.165, 1.54) is 47.8 Å². The summed E-state index contributed by atoms with van der Waals surface area (Å²) in [5.41, 5.74) is 0.0795. The number of nitrogens with zero attached hydrogens (tertiary/aromatic N) is 1. The highest BCUT2D eigenvalue weighted by Crippen LogP contribution is 2.61. The van der Waals surface area contributed by atoms with E-state index in [9.17, 15) is 16.8 Å². The Balaban J connectivity index is 1.34. The maximum absolute atomic E-state index is 13.3. The lowest BCUT2D eigenvalue weighted by atomic mass is 9.47. The van der Waals surface area contributed by atoms with Gasteiger partial charge in [0, 0.05) is 19.1 Å². The molecule has 1 aromatic rings. The Labute approximate surface area is 192 Å². The van der Waals surface area contributed by atoms with Gasteiger partial charge in [0.2, 0.25) is 20.0 Å². The van der Waals surface area contributed by atoms with Gasteiger partial charge in [0.1, 0.15) is 0 Å². The first-order valence-electron chi connectivity index (χ1n) is 11.9. The molecule has 1 aromatic carbocycles. The zero-order valence-electron chi connectivity index (χ0n) is 18.7. The molecule has 4 bridgehead atoms. The molecule has 5 fully saturated rings. The zero-order chi connectivity index (χ0) is 22.6. The predicted molar refractivity (Wildman–Crippen MR) is 121 cm³/mol. The van der Waals surface area contributed by atoms with Crippen LogP contribution in [0.5, 0.6) is 0 Å². The first-order valence-corrected chi connectivity index (χ1v) is 14.8. The van der Waals surface area contributed by atoms with E-state index in [0.717, 1.165) is 43.4 Å². The summed E-state index contributed by atoms with van der Waals surface area (Å²) in [7, 11) is -7.38. The van der Waals surface area contributed by atoms with Crippen LogP contribution in [-0.4, -0.2) is 53.5 Å². The summed E-state index contributed by atoms with van der Waals surface area (Å²) in [5, 5.41) is 0. The third kappa shape index (κ3) is 4.04. The highest BCUT2D eigenvalue weighted by molar-refractivity contribution is 7.89. The summed E-state index contributed by atoms with van der Waals surface area (Å²) >= 11 is 0. The lowest BCUT2D eigenvalue weighted by Crippen LogP contribution is -2.56. The third-order valence-electron chi connectivity index (χ3n) is 8.27. The lowest BCUT2D eigenvalue weighted by molar-refractivity contribution is -0.0704. The molecule has 0 aromatic heterocycles. The molecule has 9 heteroatoms. The molecule has 0 spiro atoms. The monoisotopic (exact) mass is 482 g/mol. The van der Waals surface area contributed by atoms with E-state index in [2.05, 4.69) is 11.6 Å². The molecular weight excluding hydrogens is 448 g/mol. The van der Waals surface area contributed by atoms with E-state index in [1.807, 2.05) is 0 Å². The number of nitrogens with one attached hydrogen (secondary N) is 1. The van der Waals surface area contributed by atoms with Gasteiger partial charge in [-0.1, -0.05) is 6.92 Å². The molecule has 32 heavy (non-hydrogen) atoms. The van der Waals surface area contributed by atoms with Gasteiger partial charge in [0.15, 0.2) is 0 Å². The second-order valence-corrected chi connectivity index (χ2v) is 14.0. The van der Waals surface area contributed by atoms with Crippen LogP contribution in [0.4, 0.5) is 0 Å². The zero-order valence-corrected chi connectivity index (χ0v) is 20.3. The van der Waals surface area contributed by atoms with Crippen LogP contribution < -0.4 is 4.72 Å². The Hall–Kier alpha value is -1.00. The minimum atomic E-state index is -3.73. The molecule has 1 heterocycles. The highest BCUT2D eigenvalue weighted by atomic mass is 32.2. The van der Waals surface area contributed by atoms with Gasteiger partial charge in [0.25, 0.3) is 0 Å². The van der Waals surface area contributed by atoms with Crippen molar-refractivity contribution in [2.75, 3.05) is 26.3 Å². The van der Waals surface area contributed by atoms with E-state index in [1.54, 1.807) is 0 Å². The van der Waals surface area contributed by atoms with Crippen LogP contribution in [-0.2, 0) is 24.8 Å². The van der Waals surface area contributed by atoms with Crippen molar-refractivity contribution < 1.29 is 21.6 Å². The van der Waals surface area contributed by atoms with Crippen molar-refractivity contribution in [2.45, 2.75) is 67.7 Å². The van der Waals surface area contributed by atoms with Crippen LogP contribution in [0.1, 0.15) is 51.9 Å². The van der Waals surface area contributed by atoms with Crippen LogP contribution in [0, 0.1) is 23.2 Å². The Morgan fingerprint density at radius 1 is 0.938 bits per heavy atom. The van der Waals surface area contributed by atoms with Gasteiger partial charge in [0.05, 0.1) is 23.0 Å². The summed E-state index contributed by atoms with van der Waals surface area (Å²) in [5.74, 6) is 2.26. The standard InChI is InChI=1S/C23H34N2O5S2/c1-2-22(23-14-17-11-18(15-23)13-19(12-17)16-23)24-31(26,27)20-3-5-21(6-4-20)32(28,29)25-7-9-30-10-8-25/h3-6,17-19,22,24H,2,7-16H2,1H3. The molecule has 7 nitrogen and oxygen atoms in total. The van der Waals surface area contributed by atoms with Gasteiger partial charge >= 0.3 is 0 Å². The van der Waals surface area contributed by atoms with Crippen molar-refractivity contribution in [1.82, 2.24) is 9.03 Å². The fourth-order valence-electron chi connectivity index (χ4n) is 7.23. The van der Waals surface area contributed by atoms with E-state index in [-0.39, 0.29) is 21.2 Å². The molecular formula is C23H34N2O5S2. The number of hydrogen-bond acceptors (Lipinski definition) is 5. The third-order valence-corrected chi connectivity index (χ3v) is 11.7. The fraction of sp³-hybridized carbons (Fsp3) is 0.739. The lowest BCUT2D eigenvalue weighted by Gasteiger charge is -2.59. The van der Waals surface area contributed by atoms with Gasteiger partial charge in [-0.25, -0.2) is 21.6 Å². The highest BCUT2D eigenvalue weighted by Gasteiger charge is 2.54. The van der Waals surface area contributed by atoms with Gasteiger partial charge in [-0.3, -0.25) is 0 Å². The number of rotatable bonds is 7. The number of morpholine rings is 1. The number of sulfonamides is 2. The fourth-order valence-corrected chi connectivity index (χ4v) is 10.1. The van der Waals surface area contributed by atoms with Crippen LogP contribution in [0.15, 0.2) is 34.1 Å². The largest absolute Gasteiger partial charge is 0.379 e. The van der Waals surface area contributed by atoms with Gasteiger partial charge in [-0.2, -0.15) is 4.31 Å². The molecule has 6 rings (SSSR count). The van der Waals surface area contributed by atoms with Crippen LogP contribution in [0.25, 0.3) is 0 Å². The Bertz CT molecular complexity index is 1010. The average molecular weight is 483 g/mol. The summed E-state index contributed by atoms with van der Waals surface area (Å²) in [6, 6.07) is 5.58. The van der Waals surface area contributed by atoms with Crippen LogP contribution in [0.3, 0.4) is 0 Å². The molecule has 1 atom stereocenters. The normalized spacial score (nSPS) is 34.0. The molecule has 5 aliphatic rings. The Morgan fingerprint density at radius 2 is 1.44 bits per heavy atom. The van der Waals surface area contributed by atoms with Crippen molar-refractivity contribution in [3.8, 4) is 0 Å². The summed E-state index contributed by atoms with van der Waals surface area (Å²) in [6.07, 6.45) is 8.14. The van der Waals surface area contributed by atoms with Crippen molar-refractivity contribution in [1.29, 1.82) is 0 Å². The number of hydrogen-bond donors (Lipinski definition) is 1. The van der Waals surface area contributed by atoms with Gasteiger partial charge in [-0.15, -0.1) is 0 Å². The Morgan fingerprint density at radius 3 is 1.94 bits per heavy atom. The minimum Gasteiger partial charge on any atom is -0.379 e. The van der Waals surface area contributed by atoms with Crippen molar-refractivity contribution >= 4 is 20.0 Å². The molecule has 4 aliphatic carbocycles. The number of ether oxygens (including phenoxy) is 1. The second kappa shape index (κ2) is 8.34. The molecule has 0 amide bonds. The maximum atomic E-state index is 13.3. The smallest absolute Gasteiger partial charge is 0.243 e. The van der Waals surface area contributed by atoms with Gasteiger partial charge in [-0.05, 0) is 92.4 Å². The van der Waals surface area contributed by atoms with Gasteiger partial charge < -0.3 is 4.74 Å². The van der Waals surface area contributed by atoms with E-state index >= 15 is 0 Å². The van der Waals surface area contributed by atoms with E-state index in [4.69, 9.17) is 4.74 Å². The van der Waals surface area contributed by atoms with E-state index in [0.29, 0.717) is 26.3 Å². The van der Waals surface area contributed by atoms with Crippen LogP contribution >= 0.6 is 0 Å². The molecule has 1 N–H and O–H groups in total. The molecule has 178 valence electrons. The van der Waals surface area contributed by atoms with Crippen molar-refractivity contribution in [2.24, 2.45) is 23.2 Å². The quantitative estimate of drug-likeness (QED) is 0.645. The average Bonchev–Trinajstić information content (AvgIpc) is 2.77. The first-order chi connectivity index (χ1) is 15.2. The predicted octanol–water partition coefficient (Wildman–Crippen LogP) is 2.98. The molecule has 1 unspecified atom stereocenters. The Kier molecular flexibility index (Phi) is 5.94. The minimum absolute atomic E-state index is 0.0716. The molecule has 1 aliphatic heterocycles. The summed E-state index contributed by atoms with van der Waals surface area (Å²) in [6.45, 7) is 3.45. The number of benzene rings is 1. The summed E-state index contributed by atoms with van der Waals surface area (Å²) in [4.78, 5) is 0.244. The SMILES string of the molecule is CCC(NS(=O)(=O)c1ccc(S(=O)(=O)N2CCOCC2)cc1)C12CC3CC(CC(C3)C1)C2. The van der Waals surface area contributed by atoms with E-state index < -0.39 is 20.0 Å². The van der Waals surface area contributed by atoms with Crippen molar-refractivity contribution in [3.05, 3.63) is 24.3 Å². The maximum Gasteiger partial charge on any atom is 0.243 e. The second-order valence-electron chi connectivity index (χ2n) is 10.3. The topological polar surface area (TPSA) is 92.8 Å². The van der Waals surface area contributed by atoms with Crippen molar-refractivity contribution in [3.63, 3.8) is 0 Å². The first kappa shape index (κ1) is 22.8. The van der Waals surface area contributed by atoms with Crippen LogP contribution in [0.2, 0.25) is 0 Å².